The van der Waals surface area contributed by atoms with E-state index in [2.05, 4.69) is 9.72 Å². The SMILES string of the molecule is OCc1nc(I)c(C(F)(F)F)cc1OC(F)(F)F. The van der Waals surface area contributed by atoms with Gasteiger partial charge in [-0.25, -0.2) is 4.98 Å². The number of pyridine rings is 1. The maximum atomic E-state index is 12.5. The lowest BCUT2D eigenvalue weighted by Gasteiger charge is -2.15. The van der Waals surface area contributed by atoms with Gasteiger partial charge in [0.1, 0.15) is 9.39 Å². The van der Waals surface area contributed by atoms with Gasteiger partial charge in [-0.3, -0.25) is 0 Å². The lowest BCUT2D eigenvalue weighted by Crippen LogP contribution is -2.20. The second-order valence-electron chi connectivity index (χ2n) is 2.98. The Kier molecular flexibility index (Phi) is 4.30. The fraction of sp³-hybridized carbons (Fsp3) is 0.375. The van der Waals surface area contributed by atoms with Crippen LogP contribution < -0.4 is 4.74 Å². The number of hydrogen-bond donors (Lipinski definition) is 1. The van der Waals surface area contributed by atoms with E-state index in [1.165, 1.54) is 22.6 Å². The van der Waals surface area contributed by atoms with Gasteiger partial charge in [0.15, 0.2) is 5.75 Å². The number of aliphatic hydroxyl groups excluding tert-OH is 1. The molecule has 0 radical (unpaired) electrons. The molecule has 0 spiro atoms. The van der Waals surface area contributed by atoms with Gasteiger partial charge in [-0.2, -0.15) is 13.2 Å². The maximum Gasteiger partial charge on any atom is 0.573 e. The highest BCUT2D eigenvalue weighted by molar-refractivity contribution is 14.1. The number of nitrogens with zero attached hydrogens (tertiary/aromatic N) is 1. The number of aliphatic hydroxyl groups is 1. The summed E-state index contributed by atoms with van der Waals surface area (Å²) in [4.78, 5) is 3.23. The number of ether oxygens (including phenoxy) is 1. The molecule has 0 saturated heterocycles. The van der Waals surface area contributed by atoms with E-state index in [1.54, 1.807) is 0 Å². The second-order valence-corrected chi connectivity index (χ2v) is 4.00. The molecule has 0 aliphatic heterocycles. The predicted octanol–water partition coefficient (Wildman–Crippen LogP) is 3.10. The van der Waals surface area contributed by atoms with Crippen LogP contribution in [0.15, 0.2) is 6.07 Å². The van der Waals surface area contributed by atoms with E-state index in [0.717, 1.165) is 0 Å². The quantitative estimate of drug-likeness (QED) is 0.482. The molecule has 10 heteroatoms. The van der Waals surface area contributed by atoms with Crippen LogP contribution in [0.3, 0.4) is 0 Å². The first-order valence-corrected chi connectivity index (χ1v) is 5.25. The van der Waals surface area contributed by atoms with Crippen molar-refractivity contribution in [1.29, 1.82) is 0 Å². The van der Waals surface area contributed by atoms with Crippen molar-refractivity contribution in [3.8, 4) is 5.75 Å². The molecule has 18 heavy (non-hydrogen) atoms. The fourth-order valence-electron chi connectivity index (χ4n) is 1.03. The average Bonchev–Trinajstić information content (AvgIpc) is 2.16. The third-order valence-corrected chi connectivity index (χ3v) is 2.52. The molecule has 0 aliphatic rings. The number of rotatable bonds is 2. The zero-order valence-electron chi connectivity index (χ0n) is 8.23. The van der Waals surface area contributed by atoms with Crippen LogP contribution >= 0.6 is 22.6 Å². The third-order valence-electron chi connectivity index (χ3n) is 1.70. The van der Waals surface area contributed by atoms with Gasteiger partial charge in [-0.1, -0.05) is 0 Å². The molecule has 1 heterocycles. The van der Waals surface area contributed by atoms with Crippen molar-refractivity contribution in [2.75, 3.05) is 0 Å². The van der Waals surface area contributed by atoms with Gasteiger partial charge < -0.3 is 9.84 Å². The summed E-state index contributed by atoms with van der Waals surface area (Å²) in [6.45, 7) is -0.973. The molecule has 0 aromatic carbocycles. The van der Waals surface area contributed by atoms with Gasteiger partial charge >= 0.3 is 12.5 Å². The Labute approximate surface area is 110 Å². The molecule has 3 nitrogen and oxygen atoms in total. The molecule has 0 fully saturated rings. The fourth-order valence-corrected chi connectivity index (χ4v) is 1.79. The second kappa shape index (κ2) is 5.07. The summed E-state index contributed by atoms with van der Waals surface area (Å²) in [6, 6.07) is 0.161. The van der Waals surface area contributed by atoms with Crippen LogP contribution in [0.4, 0.5) is 26.3 Å². The normalized spacial score (nSPS) is 12.7. The average molecular weight is 387 g/mol. The van der Waals surface area contributed by atoms with Crippen LogP contribution in [-0.4, -0.2) is 16.5 Å². The van der Waals surface area contributed by atoms with Gasteiger partial charge in [0, 0.05) is 0 Å². The van der Waals surface area contributed by atoms with Crippen molar-refractivity contribution in [3.63, 3.8) is 0 Å². The Morgan fingerprint density at radius 3 is 2.17 bits per heavy atom. The van der Waals surface area contributed by atoms with Crippen molar-refractivity contribution in [1.82, 2.24) is 4.98 Å². The topological polar surface area (TPSA) is 42.4 Å². The van der Waals surface area contributed by atoms with Gasteiger partial charge in [0.05, 0.1) is 12.2 Å². The van der Waals surface area contributed by atoms with Gasteiger partial charge in [0.2, 0.25) is 0 Å². The zero-order chi connectivity index (χ0) is 14.1. The number of aromatic nitrogens is 1. The zero-order valence-corrected chi connectivity index (χ0v) is 10.4. The van der Waals surface area contributed by atoms with Gasteiger partial charge in [0.25, 0.3) is 0 Å². The first-order chi connectivity index (χ1) is 8.04. The van der Waals surface area contributed by atoms with Gasteiger partial charge in [-0.15, -0.1) is 13.2 Å². The highest BCUT2D eigenvalue weighted by Crippen LogP contribution is 2.36. The minimum atomic E-state index is -5.17. The van der Waals surface area contributed by atoms with E-state index in [0.29, 0.717) is 0 Å². The molecule has 1 aromatic heterocycles. The number of alkyl halides is 6. The monoisotopic (exact) mass is 387 g/mol. The Bertz CT molecular complexity index is 444. The van der Waals surface area contributed by atoms with Crippen LogP contribution in [0.5, 0.6) is 5.75 Å². The minimum Gasteiger partial charge on any atom is -0.404 e. The van der Waals surface area contributed by atoms with E-state index in [-0.39, 0.29) is 6.07 Å². The van der Waals surface area contributed by atoms with Crippen molar-refractivity contribution in [3.05, 3.63) is 21.0 Å². The molecule has 0 amide bonds. The van der Waals surface area contributed by atoms with Crippen LogP contribution in [0.2, 0.25) is 0 Å². The van der Waals surface area contributed by atoms with Crippen LogP contribution in [0, 0.1) is 3.70 Å². The van der Waals surface area contributed by atoms with Crippen molar-refractivity contribution in [2.24, 2.45) is 0 Å². The molecular weight excluding hydrogens is 383 g/mol. The molecule has 0 aliphatic carbocycles. The molecule has 0 unspecified atom stereocenters. The van der Waals surface area contributed by atoms with E-state index in [1.807, 2.05) is 0 Å². The first kappa shape index (κ1) is 15.3. The predicted molar refractivity (Wildman–Crippen MR) is 54.6 cm³/mol. The molecule has 1 rings (SSSR count). The van der Waals surface area contributed by atoms with E-state index < -0.39 is 39.9 Å². The Hall–Kier alpha value is -0.780. The summed E-state index contributed by atoms with van der Waals surface area (Å²) in [6.07, 6.45) is -10.0. The van der Waals surface area contributed by atoms with Crippen molar-refractivity contribution < 1.29 is 36.2 Å². The Balaban J connectivity index is 3.31. The largest absolute Gasteiger partial charge is 0.573 e. The highest BCUT2D eigenvalue weighted by Gasteiger charge is 2.38. The lowest BCUT2D eigenvalue weighted by molar-refractivity contribution is -0.275. The summed E-state index contributed by atoms with van der Waals surface area (Å²) < 4.78 is 76.1. The lowest BCUT2D eigenvalue weighted by atomic mass is 10.2. The van der Waals surface area contributed by atoms with Gasteiger partial charge in [-0.05, 0) is 28.7 Å². The summed E-state index contributed by atoms with van der Waals surface area (Å²) in [5, 5.41) is 8.74. The first-order valence-electron chi connectivity index (χ1n) is 4.18. The Morgan fingerprint density at radius 1 is 1.22 bits per heavy atom. The van der Waals surface area contributed by atoms with Crippen LogP contribution in [0.1, 0.15) is 11.3 Å². The Morgan fingerprint density at radius 2 is 1.78 bits per heavy atom. The van der Waals surface area contributed by atoms with E-state index >= 15 is 0 Å². The molecule has 1 aromatic rings. The van der Waals surface area contributed by atoms with Crippen LogP contribution in [-0.2, 0) is 12.8 Å². The number of halogens is 7. The maximum absolute atomic E-state index is 12.5. The smallest absolute Gasteiger partial charge is 0.404 e. The number of hydrogen-bond acceptors (Lipinski definition) is 3. The summed E-state index contributed by atoms with van der Waals surface area (Å²) in [5.41, 5.74) is -1.98. The highest BCUT2D eigenvalue weighted by atomic mass is 127. The van der Waals surface area contributed by atoms with E-state index in [9.17, 15) is 26.3 Å². The van der Waals surface area contributed by atoms with E-state index in [4.69, 9.17) is 5.11 Å². The standard InChI is InChI=1S/C8H4F6INO2/c9-7(10,11)3-1-5(18-8(12,13)14)4(2-17)16-6(3)15/h1,17H,2H2. The molecule has 0 atom stereocenters. The van der Waals surface area contributed by atoms with Crippen molar-refractivity contribution >= 4 is 22.6 Å². The third kappa shape index (κ3) is 3.86. The molecule has 1 N–H and O–H groups in total. The summed E-state index contributed by atoms with van der Waals surface area (Å²) in [5.74, 6) is -1.17. The van der Waals surface area contributed by atoms with Crippen molar-refractivity contribution in [2.45, 2.75) is 19.1 Å². The summed E-state index contributed by atoms with van der Waals surface area (Å²) in [7, 11) is 0. The molecular formula is C8H4F6INO2. The molecule has 0 bridgehead atoms. The molecule has 0 saturated carbocycles. The summed E-state index contributed by atoms with van der Waals surface area (Å²) >= 11 is 1.21. The van der Waals surface area contributed by atoms with Crippen LogP contribution in [0.25, 0.3) is 0 Å². The minimum absolute atomic E-state index is 0.161. The molecule has 102 valence electrons.